The number of carbonyl (C=O) groups is 2. The quantitative estimate of drug-likeness (QED) is 0.395. The lowest BCUT2D eigenvalue weighted by Gasteiger charge is -2.43. The molecule has 2 saturated carbocycles. The Balaban J connectivity index is 1.61. The molecule has 2 aliphatic rings. The predicted molar refractivity (Wildman–Crippen MR) is 95.5 cm³/mol. The first kappa shape index (κ1) is 18.3. The number of hydrogen-bond acceptors (Lipinski definition) is 6. The number of Topliss-reactive ketones (excluding diaryl/α,β-unsaturated/α-hetero) is 1. The number of carboxylic acids is 1. The number of benzene rings is 1. The minimum Gasteiger partial charge on any atom is -0.480 e. The van der Waals surface area contributed by atoms with Crippen molar-refractivity contribution in [3.8, 4) is 0 Å². The van der Waals surface area contributed by atoms with Crippen LogP contribution in [0.1, 0.15) is 43.0 Å². The van der Waals surface area contributed by atoms with Crippen molar-refractivity contribution in [1.29, 1.82) is 0 Å². The minimum atomic E-state index is -0.809. The zero-order valence-electron chi connectivity index (χ0n) is 14.7. The van der Waals surface area contributed by atoms with Gasteiger partial charge in [-0.1, -0.05) is 0 Å². The SMILES string of the molecule is CC(=O)c1cc([N+](=O)[O-])ccc1NC1CC(N(CC(=O)O)CC2CC2)C1. The van der Waals surface area contributed by atoms with E-state index in [4.69, 9.17) is 5.11 Å². The third-order valence-electron chi connectivity index (χ3n) is 5.11. The van der Waals surface area contributed by atoms with Gasteiger partial charge in [-0.3, -0.25) is 24.6 Å². The number of rotatable bonds is 9. The van der Waals surface area contributed by atoms with E-state index in [0.717, 1.165) is 19.4 Å². The zero-order chi connectivity index (χ0) is 18.8. The summed E-state index contributed by atoms with van der Waals surface area (Å²) < 4.78 is 0. The van der Waals surface area contributed by atoms with Crippen LogP contribution in [0.5, 0.6) is 0 Å². The van der Waals surface area contributed by atoms with Gasteiger partial charge in [-0.2, -0.15) is 0 Å². The maximum atomic E-state index is 11.8. The molecule has 8 heteroatoms. The van der Waals surface area contributed by atoms with Gasteiger partial charge in [0.05, 0.1) is 11.5 Å². The van der Waals surface area contributed by atoms with Gasteiger partial charge in [0.25, 0.3) is 5.69 Å². The number of aliphatic carboxylic acids is 1. The number of nitrogens with one attached hydrogen (secondary N) is 1. The number of nitro benzene ring substituents is 1. The standard InChI is InChI=1S/C18H23N3O5/c1-11(22)16-8-14(21(25)26)4-5-17(16)19-13-6-15(7-13)20(10-18(23)24)9-12-2-3-12/h4-5,8,12-13,15,19H,2-3,6-7,9-10H2,1H3,(H,23,24). The van der Waals surface area contributed by atoms with Gasteiger partial charge in [-0.15, -0.1) is 0 Å². The van der Waals surface area contributed by atoms with Crippen LogP contribution >= 0.6 is 0 Å². The lowest BCUT2D eigenvalue weighted by Crippen LogP contribution is -2.52. The van der Waals surface area contributed by atoms with E-state index in [-0.39, 0.29) is 30.1 Å². The van der Waals surface area contributed by atoms with Crippen molar-refractivity contribution in [3.63, 3.8) is 0 Å². The summed E-state index contributed by atoms with van der Waals surface area (Å²) in [7, 11) is 0. The molecule has 0 aliphatic heterocycles. The summed E-state index contributed by atoms with van der Waals surface area (Å²) in [6.45, 7) is 2.28. The van der Waals surface area contributed by atoms with E-state index in [9.17, 15) is 19.7 Å². The molecule has 1 aromatic carbocycles. The first-order valence-electron chi connectivity index (χ1n) is 8.85. The molecule has 0 heterocycles. The van der Waals surface area contributed by atoms with E-state index in [0.29, 0.717) is 17.2 Å². The summed E-state index contributed by atoms with van der Waals surface area (Å²) in [6.07, 6.45) is 3.95. The van der Waals surface area contributed by atoms with Gasteiger partial charge in [-0.25, -0.2) is 0 Å². The summed E-state index contributed by atoms with van der Waals surface area (Å²) in [5, 5.41) is 23.3. The molecule has 0 radical (unpaired) electrons. The highest BCUT2D eigenvalue weighted by atomic mass is 16.6. The largest absolute Gasteiger partial charge is 0.480 e. The van der Waals surface area contributed by atoms with Gasteiger partial charge in [0.1, 0.15) is 0 Å². The Kier molecular flexibility index (Phi) is 5.22. The smallest absolute Gasteiger partial charge is 0.317 e. The van der Waals surface area contributed by atoms with Gasteiger partial charge >= 0.3 is 5.97 Å². The Morgan fingerprint density at radius 1 is 1.35 bits per heavy atom. The minimum absolute atomic E-state index is 0.0596. The maximum Gasteiger partial charge on any atom is 0.317 e. The van der Waals surface area contributed by atoms with E-state index in [2.05, 4.69) is 5.32 Å². The van der Waals surface area contributed by atoms with E-state index in [1.165, 1.54) is 31.9 Å². The highest BCUT2D eigenvalue weighted by Gasteiger charge is 2.37. The number of carbonyl (C=O) groups excluding carboxylic acids is 1. The molecule has 1 aromatic rings. The van der Waals surface area contributed by atoms with Crippen LogP contribution in [0.25, 0.3) is 0 Å². The molecule has 0 aromatic heterocycles. The van der Waals surface area contributed by atoms with E-state index in [1.54, 1.807) is 6.07 Å². The molecule has 2 aliphatic carbocycles. The summed E-state index contributed by atoms with van der Waals surface area (Å²) in [5.41, 5.74) is 0.797. The first-order chi connectivity index (χ1) is 12.3. The second-order valence-electron chi connectivity index (χ2n) is 7.28. The van der Waals surface area contributed by atoms with Crippen LogP contribution in [0.3, 0.4) is 0 Å². The second kappa shape index (κ2) is 7.41. The highest BCUT2D eigenvalue weighted by molar-refractivity contribution is 6.00. The Labute approximate surface area is 151 Å². The molecule has 3 rings (SSSR count). The molecule has 2 N–H and O–H groups in total. The van der Waals surface area contributed by atoms with Crippen LogP contribution in [0.15, 0.2) is 18.2 Å². The van der Waals surface area contributed by atoms with Crippen molar-refractivity contribution in [2.24, 2.45) is 5.92 Å². The Morgan fingerprint density at radius 2 is 2.04 bits per heavy atom. The average molecular weight is 361 g/mol. The number of hydrogen-bond donors (Lipinski definition) is 2. The normalized spacial score (nSPS) is 21.9. The monoisotopic (exact) mass is 361 g/mol. The molecular formula is C18H23N3O5. The van der Waals surface area contributed by atoms with Crippen LogP contribution in [0, 0.1) is 16.0 Å². The average Bonchev–Trinajstić information content (AvgIpc) is 3.33. The molecule has 0 atom stereocenters. The molecule has 0 amide bonds. The summed E-state index contributed by atoms with van der Waals surface area (Å²) in [4.78, 5) is 35.3. The molecule has 2 fully saturated rings. The summed E-state index contributed by atoms with van der Waals surface area (Å²) in [5.74, 6) is -0.412. The van der Waals surface area contributed by atoms with Crippen LogP contribution in [0.4, 0.5) is 11.4 Å². The second-order valence-corrected chi connectivity index (χ2v) is 7.28. The predicted octanol–water partition coefficient (Wildman–Crippen LogP) is 2.54. The Hall–Kier alpha value is -2.48. The number of nitrogens with zero attached hydrogens (tertiary/aromatic N) is 2. The molecule has 8 nitrogen and oxygen atoms in total. The van der Waals surface area contributed by atoms with Crippen molar-refractivity contribution in [2.45, 2.75) is 44.7 Å². The third-order valence-corrected chi connectivity index (χ3v) is 5.11. The molecule has 140 valence electrons. The van der Waals surface area contributed by atoms with Crippen molar-refractivity contribution in [3.05, 3.63) is 33.9 Å². The number of ketones is 1. The van der Waals surface area contributed by atoms with Gasteiger partial charge in [0, 0.05) is 42.0 Å². The maximum absolute atomic E-state index is 11.8. The Bertz CT molecular complexity index is 726. The number of anilines is 1. The van der Waals surface area contributed by atoms with Crippen LogP contribution in [-0.2, 0) is 4.79 Å². The van der Waals surface area contributed by atoms with Gasteiger partial charge in [0.15, 0.2) is 5.78 Å². The molecule has 26 heavy (non-hydrogen) atoms. The van der Waals surface area contributed by atoms with Crippen molar-refractivity contribution >= 4 is 23.1 Å². The first-order valence-corrected chi connectivity index (χ1v) is 8.85. The van der Waals surface area contributed by atoms with Gasteiger partial charge < -0.3 is 10.4 Å². The van der Waals surface area contributed by atoms with Crippen molar-refractivity contribution in [1.82, 2.24) is 4.90 Å². The van der Waals surface area contributed by atoms with Gasteiger partial charge in [-0.05, 0) is 44.6 Å². The van der Waals surface area contributed by atoms with E-state index >= 15 is 0 Å². The third kappa shape index (κ3) is 4.37. The van der Waals surface area contributed by atoms with E-state index < -0.39 is 10.9 Å². The fourth-order valence-electron chi connectivity index (χ4n) is 3.44. The number of non-ortho nitro benzene ring substituents is 1. The summed E-state index contributed by atoms with van der Waals surface area (Å²) in [6, 6.07) is 4.61. The van der Waals surface area contributed by atoms with Crippen LogP contribution in [0.2, 0.25) is 0 Å². The lowest BCUT2D eigenvalue weighted by molar-refractivity contribution is -0.384. The Morgan fingerprint density at radius 3 is 2.58 bits per heavy atom. The van der Waals surface area contributed by atoms with E-state index in [1.807, 2.05) is 4.90 Å². The fraction of sp³-hybridized carbons (Fsp3) is 0.556. The van der Waals surface area contributed by atoms with Crippen LogP contribution in [-0.4, -0.2) is 51.9 Å². The fourth-order valence-corrected chi connectivity index (χ4v) is 3.44. The van der Waals surface area contributed by atoms with Crippen molar-refractivity contribution in [2.75, 3.05) is 18.4 Å². The van der Waals surface area contributed by atoms with Gasteiger partial charge in [0.2, 0.25) is 0 Å². The zero-order valence-corrected chi connectivity index (χ0v) is 14.7. The van der Waals surface area contributed by atoms with Crippen molar-refractivity contribution < 1.29 is 19.6 Å². The lowest BCUT2D eigenvalue weighted by atomic mass is 9.84. The molecule has 0 saturated heterocycles. The topological polar surface area (TPSA) is 113 Å². The number of carboxylic acid groups (broad SMARTS) is 1. The molecule has 0 unspecified atom stereocenters. The molecular weight excluding hydrogens is 338 g/mol. The number of nitro groups is 1. The summed E-state index contributed by atoms with van der Waals surface area (Å²) >= 11 is 0. The molecule has 0 bridgehead atoms. The highest BCUT2D eigenvalue weighted by Crippen LogP contribution is 2.35. The molecule has 0 spiro atoms. The van der Waals surface area contributed by atoms with Crippen LogP contribution < -0.4 is 5.32 Å².